The lowest BCUT2D eigenvalue weighted by Gasteiger charge is -2.13. The molecule has 0 atom stereocenters. The van der Waals surface area contributed by atoms with Gasteiger partial charge in [0.1, 0.15) is 4.90 Å². The number of hydrogen-bond donors (Lipinski definition) is 3. The third kappa shape index (κ3) is 3.12. The molecule has 2 rings (SSSR count). The molecular weight excluding hydrogens is 342 g/mol. The van der Waals surface area contributed by atoms with Gasteiger partial charge in [0.05, 0.1) is 11.4 Å². The Morgan fingerprint density at radius 2 is 1.80 bits per heavy atom. The molecule has 0 aliphatic rings. The highest BCUT2D eigenvalue weighted by Crippen LogP contribution is 2.28. The number of nitrogens with two attached hydrogens (primary N) is 1. The first kappa shape index (κ1) is 14.8. The molecular formula is C13H14BrN3O2S. The number of aryl methyl sites for hydroxylation is 1. The Morgan fingerprint density at radius 1 is 1.10 bits per heavy atom. The van der Waals surface area contributed by atoms with Gasteiger partial charge in [-0.15, -0.1) is 0 Å². The summed E-state index contributed by atoms with van der Waals surface area (Å²) in [4.78, 5) is 0.0934. The summed E-state index contributed by atoms with van der Waals surface area (Å²) in [6.07, 6.45) is 0. The van der Waals surface area contributed by atoms with Crippen molar-refractivity contribution in [2.75, 3.05) is 10.1 Å². The van der Waals surface area contributed by atoms with E-state index >= 15 is 0 Å². The minimum absolute atomic E-state index is 0.0934. The van der Waals surface area contributed by atoms with Crippen LogP contribution in [-0.2, 0) is 10.0 Å². The van der Waals surface area contributed by atoms with Crippen LogP contribution in [0.1, 0.15) is 5.56 Å². The Morgan fingerprint density at radius 3 is 2.50 bits per heavy atom. The molecule has 0 radical (unpaired) electrons. The third-order valence-electron chi connectivity index (χ3n) is 2.70. The standard InChI is InChI=1S/C13H14BrN3O2S/c1-9-6-7-10(14)12(8-9)17-20(18,19)13-5-3-2-4-11(13)16-15/h2-8,16-17H,15H2,1H3. The predicted octanol–water partition coefficient (Wildman–Crippen LogP) is 2.84. The van der Waals surface area contributed by atoms with Crippen LogP contribution in [-0.4, -0.2) is 8.42 Å². The van der Waals surface area contributed by atoms with Gasteiger partial charge in [-0.25, -0.2) is 8.42 Å². The van der Waals surface area contributed by atoms with Crippen molar-refractivity contribution >= 4 is 37.3 Å². The van der Waals surface area contributed by atoms with E-state index in [0.717, 1.165) is 5.56 Å². The van der Waals surface area contributed by atoms with Crippen LogP contribution in [0.3, 0.4) is 0 Å². The van der Waals surface area contributed by atoms with Gasteiger partial charge in [-0.05, 0) is 52.7 Å². The summed E-state index contributed by atoms with van der Waals surface area (Å²) in [7, 11) is -3.72. The zero-order chi connectivity index (χ0) is 14.8. The number of nitrogens with one attached hydrogen (secondary N) is 2. The Kier molecular flexibility index (Phi) is 4.32. The molecule has 0 bridgehead atoms. The fourth-order valence-corrected chi connectivity index (χ4v) is 3.46. The van der Waals surface area contributed by atoms with Crippen LogP contribution >= 0.6 is 15.9 Å². The lowest BCUT2D eigenvalue weighted by atomic mass is 10.2. The Bertz CT molecular complexity index is 732. The number of sulfonamides is 1. The van der Waals surface area contributed by atoms with Crippen molar-refractivity contribution in [1.29, 1.82) is 0 Å². The fraction of sp³-hybridized carbons (Fsp3) is 0.0769. The molecule has 0 saturated heterocycles. The lowest BCUT2D eigenvalue weighted by Crippen LogP contribution is -2.17. The van der Waals surface area contributed by atoms with E-state index in [4.69, 9.17) is 5.84 Å². The van der Waals surface area contributed by atoms with Gasteiger partial charge in [0.25, 0.3) is 10.0 Å². The average molecular weight is 356 g/mol. The van der Waals surface area contributed by atoms with Crippen LogP contribution in [0.15, 0.2) is 51.8 Å². The molecule has 20 heavy (non-hydrogen) atoms. The van der Waals surface area contributed by atoms with Gasteiger partial charge < -0.3 is 5.43 Å². The molecule has 0 amide bonds. The molecule has 0 aliphatic carbocycles. The summed E-state index contributed by atoms with van der Waals surface area (Å²) in [5, 5.41) is 0. The first-order valence-electron chi connectivity index (χ1n) is 5.78. The van der Waals surface area contributed by atoms with Gasteiger partial charge in [-0.3, -0.25) is 10.6 Å². The van der Waals surface area contributed by atoms with Crippen molar-refractivity contribution in [1.82, 2.24) is 0 Å². The molecule has 0 fully saturated rings. The second-order valence-corrected chi connectivity index (χ2v) is 6.73. The van der Waals surface area contributed by atoms with E-state index < -0.39 is 10.0 Å². The quantitative estimate of drug-likeness (QED) is 0.581. The predicted molar refractivity (Wildman–Crippen MR) is 83.9 cm³/mol. The van der Waals surface area contributed by atoms with Crippen molar-refractivity contribution in [3.63, 3.8) is 0 Å². The van der Waals surface area contributed by atoms with Crippen LogP contribution in [0, 0.1) is 6.92 Å². The van der Waals surface area contributed by atoms with Gasteiger partial charge in [0, 0.05) is 4.47 Å². The molecule has 0 spiro atoms. The second kappa shape index (κ2) is 5.82. The summed E-state index contributed by atoms with van der Waals surface area (Å²) in [5.74, 6) is 5.34. The number of rotatable bonds is 4. The maximum absolute atomic E-state index is 12.4. The Hall–Kier alpha value is -1.57. The maximum atomic E-state index is 12.4. The molecule has 106 valence electrons. The number of benzene rings is 2. The molecule has 0 unspecified atom stereocenters. The van der Waals surface area contributed by atoms with Crippen LogP contribution < -0.4 is 16.0 Å². The lowest BCUT2D eigenvalue weighted by molar-refractivity contribution is 0.601. The summed E-state index contributed by atoms with van der Waals surface area (Å²) < 4.78 is 28.1. The highest BCUT2D eigenvalue weighted by Gasteiger charge is 2.19. The molecule has 2 aromatic rings. The van der Waals surface area contributed by atoms with Crippen molar-refractivity contribution in [3.8, 4) is 0 Å². The fourth-order valence-electron chi connectivity index (χ4n) is 1.74. The van der Waals surface area contributed by atoms with Crippen LogP contribution in [0.4, 0.5) is 11.4 Å². The van der Waals surface area contributed by atoms with E-state index in [1.54, 1.807) is 30.3 Å². The van der Waals surface area contributed by atoms with Crippen molar-refractivity contribution in [2.24, 2.45) is 5.84 Å². The highest BCUT2D eigenvalue weighted by molar-refractivity contribution is 9.10. The highest BCUT2D eigenvalue weighted by atomic mass is 79.9. The van der Waals surface area contributed by atoms with Crippen LogP contribution in [0.2, 0.25) is 0 Å². The van der Waals surface area contributed by atoms with Gasteiger partial charge >= 0.3 is 0 Å². The van der Waals surface area contributed by atoms with Gasteiger partial charge in [0.15, 0.2) is 0 Å². The van der Waals surface area contributed by atoms with Crippen molar-refractivity contribution in [3.05, 3.63) is 52.5 Å². The molecule has 0 saturated carbocycles. The van der Waals surface area contributed by atoms with Crippen LogP contribution in [0.5, 0.6) is 0 Å². The van der Waals surface area contributed by atoms with E-state index in [1.165, 1.54) is 6.07 Å². The summed E-state index contributed by atoms with van der Waals surface area (Å²) in [6, 6.07) is 11.9. The van der Waals surface area contributed by atoms with E-state index in [9.17, 15) is 8.42 Å². The molecule has 0 aliphatic heterocycles. The molecule has 5 nitrogen and oxygen atoms in total. The number of hydrazine groups is 1. The number of para-hydroxylation sites is 1. The van der Waals surface area contributed by atoms with Gasteiger partial charge in [0.2, 0.25) is 0 Å². The molecule has 4 N–H and O–H groups in total. The minimum Gasteiger partial charge on any atom is -0.323 e. The summed E-state index contributed by atoms with van der Waals surface area (Å²) in [5.41, 5.74) is 4.16. The number of anilines is 2. The molecule has 0 heterocycles. The molecule has 7 heteroatoms. The first-order chi connectivity index (χ1) is 9.44. The van der Waals surface area contributed by atoms with Crippen molar-refractivity contribution in [2.45, 2.75) is 11.8 Å². The summed E-state index contributed by atoms with van der Waals surface area (Å²) >= 11 is 3.32. The average Bonchev–Trinajstić information content (AvgIpc) is 2.42. The monoisotopic (exact) mass is 355 g/mol. The van der Waals surface area contributed by atoms with Crippen LogP contribution in [0.25, 0.3) is 0 Å². The second-order valence-electron chi connectivity index (χ2n) is 4.23. The normalized spacial score (nSPS) is 11.2. The van der Waals surface area contributed by atoms with E-state index in [2.05, 4.69) is 26.1 Å². The van der Waals surface area contributed by atoms with E-state index in [1.807, 2.05) is 13.0 Å². The molecule has 0 aromatic heterocycles. The van der Waals surface area contributed by atoms with Gasteiger partial charge in [-0.1, -0.05) is 18.2 Å². The smallest absolute Gasteiger partial charge is 0.264 e. The Balaban J connectivity index is 2.43. The molecule has 2 aromatic carbocycles. The maximum Gasteiger partial charge on any atom is 0.264 e. The van der Waals surface area contributed by atoms with E-state index in [0.29, 0.717) is 15.8 Å². The number of halogens is 1. The minimum atomic E-state index is -3.72. The SMILES string of the molecule is Cc1ccc(Br)c(NS(=O)(=O)c2ccccc2NN)c1. The van der Waals surface area contributed by atoms with Crippen molar-refractivity contribution < 1.29 is 8.42 Å². The van der Waals surface area contributed by atoms with Gasteiger partial charge in [-0.2, -0.15) is 0 Å². The first-order valence-corrected chi connectivity index (χ1v) is 8.06. The Labute approximate surface area is 126 Å². The zero-order valence-electron chi connectivity index (χ0n) is 10.7. The number of hydrogen-bond acceptors (Lipinski definition) is 4. The number of nitrogen functional groups attached to an aromatic ring is 1. The topological polar surface area (TPSA) is 84.2 Å². The van der Waals surface area contributed by atoms with E-state index in [-0.39, 0.29) is 4.90 Å². The largest absolute Gasteiger partial charge is 0.323 e. The third-order valence-corrected chi connectivity index (χ3v) is 4.81. The zero-order valence-corrected chi connectivity index (χ0v) is 13.1. The summed E-state index contributed by atoms with van der Waals surface area (Å²) in [6.45, 7) is 1.89.